The molecule has 0 spiro atoms. The van der Waals surface area contributed by atoms with Gasteiger partial charge in [0.15, 0.2) is 5.16 Å². The fourth-order valence-corrected chi connectivity index (χ4v) is 4.46. The van der Waals surface area contributed by atoms with E-state index in [9.17, 15) is 9.59 Å². The maximum absolute atomic E-state index is 13.2. The molecule has 1 heterocycles. The maximum Gasteiger partial charge on any atom is 0.262 e. The molecule has 3 aromatic rings. The molecular formula is C24H28ClN3O3S. The second kappa shape index (κ2) is 11.0. The number of rotatable bonds is 9. The first kappa shape index (κ1) is 24.3. The molecule has 1 amide bonds. The number of thioether (sulfide) groups is 1. The van der Waals surface area contributed by atoms with Crippen molar-refractivity contribution < 1.29 is 9.53 Å². The zero-order chi connectivity index (χ0) is 23.3. The number of carbonyl (C=O) groups is 1. The van der Waals surface area contributed by atoms with E-state index >= 15 is 0 Å². The van der Waals surface area contributed by atoms with Gasteiger partial charge in [-0.3, -0.25) is 14.2 Å². The lowest BCUT2D eigenvalue weighted by atomic mass is 10.2. The Bertz CT molecular complexity index is 1130. The Morgan fingerprint density at radius 3 is 2.59 bits per heavy atom. The average Bonchev–Trinajstić information content (AvgIpc) is 2.77. The van der Waals surface area contributed by atoms with Crippen LogP contribution in [0.15, 0.2) is 58.5 Å². The minimum atomic E-state index is -0.443. The van der Waals surface area contributed by atoms with E-state index in [1.165, 1.54) is 11.8 Å². The highest BCUT2D eigenvalue weighted by atomic mass is 35.5. The SMILES string of the molecule is CC(C)OCCCn1c(SC(C)C(=O)N(C)c2ccccc2)nc2cc(Cl)ccc2c1=O. The predicted molar refractivity (Wildman–Crippen MR) is 132 cm³/mol. The maximum atomic E-state index is 13.2. The summed E-state index contributed by atoms with van der Waals surface area (Å²) in [6.07, 6.45) is 0.794. The Kier molecular flexibility index (Phi) is 8.34. The molecule has 2 aromatic carbocycles. The first-order valence-corrected chi connectivity index (χ1v) is 11.8. The zero-order valence-corrected chi connectivity index (χ0v) is 20.3. The summed E-state index contributed by atoms with van der Waals surface area (Å²) in [6.45, 7) is 6.77. The lowest BCUT2D eigenvalue weighted by molar-refractivity contribution is -0.117. The molecule has 170 valence electrons. The Balaban J connectivity index is 1.89. The van der Waals surface area contributed by atoms with Gasteiger partial charge in [0, 0.05) is 30.9 Å². The third-order valence-corrected chi connectivity index (χ3v) is 6.28. The van der Waals surface area contributed by atoms with E-state index in [0.29, 0.717) is 40.7 Å². The van der Waals surface area contributed by atoms with Crippen LogP contribution in [-0.2, 0) is 16.1 Å². The van der Waals surface area contributed by atoms with Crippen molar-refractivity contribution in [1.82, 2.24) is 9.55 Å². The van der Waals surface area contributed by atoms with Gasteiger partial charge >= 0.3 is 0 Å². The fourth-order valence-electron chi connectivity index (χ4n) is 3.26. The number of hydrogen-bond acceptors (Lipinski definition) is 5. The third-order valence-electron chi connectivity index (χ3n) is 4.96. The van der Waals surface area contributed by atoms with Crippen molar-refractivity contribution in [3.63, 3.8) is 0 Å². The van der Waals surface area contributed by atoms with Crippen LogP contribution < -0.4 is 10.5 Å². The number of ether oxygens (including phenoxy) is 1. The lowest BCUT2D eigenvalue weighted by Gasteiger charge is -2.22. The number of anilines is 1. The van der Waals surface area contributed by atoms with Gasteiger partial charge in [-0.1, -0.05) is 41.6 Å². The molecule has 8 heteroatoms. The van der Waals surface area contributed by atoms with Crippen LogP contribution in [0.1, 0.15) is 27.2 Å². The van der Waals surface area contributed by atoms with Crippen LogP contribution in [0, 0.1) is 0 Å². The van der Waals surface area contributed by atoms with Gasteiger partial charge in [0.25, 0.3) is 5.56 Å². The van der Waals surface area contributed by atoms with Crippen LogP contribution in [0.3, 0.4) is 0 Å². The molecule has 1 atom stereocenters. The number of amides is 1. The summed E-state index contributed by atoms with van der Waals surface area (Å²) in [7, 11) is 1.75. The van der Waals surface area contributed by atoms with E-state index in [-0.39, 0.29) is 17.6 Å². The van der Waals surface area contributed by atoms with Crippen molar-refractivity contribution in [3.05, 3.63) is 63.9 Å². The predicted octanol–water partition coefficient (Wildman–Crippen LogP) is 5.01. The molecule has 0 aliphatic heterocycles. The third kappa shape index (κ3) is 5.91. The van der Waals surface area contributed by atoms with Crippen molar-refractivity contribution in [2.24, 2.45) is 0 Å². The van der Waals surface area contributed by atoms with Gasteiger partial charge in [-0.2, -0.15) is 0 Å². The van der Waals surface area contributed by atoms with E-state index in [2.05, 4.69) is 0 Å². The largest absolute Gasteiger partial charge is 0.379 e. The Hall–Kier alpha value is -2.35. The highest BCUT2D eigenvalue weighted by molar-refractivity contribution is 8.00. The summed E-state index contributed by atoms with van der Waals surface area (Å²) in [6, 6.07) is 14.5. The van der Waals surface area contributed by atoms with Crippen molar-refractivity contribution in [3.8, 4) is 0 Å². The zero-order valence-electron chi connectivity index (χ0n) is 18.7. The first-order chi connectivity index (χ1) is 15.3. The van der Waals surface area contributed by atoms with Crippen LogP contribution in [0.5, 0.6) is 0 Å². The quantitative estimate of drug-likeness (QED) is 0.248. The van der Waals surface area contributed by atoms with Crippen molar-refractivity contribution in [1.29, 1.82) is 0 Å². The van der Waals surface area contributed by atoms with E-state index in [1.54, 1.807) is 34.7 Å². The summed E-state index contributed by atoms with van der Waals surface area (Å²) >= 11 is 7.41. The molecule has 6 nitrogen and oxygen atoms in total. The highest BCUT2D eigenvalue weighted by Gasteiger charge is 2.23. The smallest absolute Gasteiger partial charge is 0.262 e. The molecule has 0 aliphatic carbocycles. The number of hydrogen-bond donors (Lipinski definition) is 0. The molecule has 0 saturated carbocycles. The number of nitrogens with zero attached hydrogens (tertiary/aromatic N) is 3. The summed E-state index contributed by atoms with van der Waals surface area (Å²) in [5.74, 6) is -0.0728. The second-order valence-electron chi connectivity index (χ2n) is 7.78. The summed E-state index contributed by atoms with van der Waals surface area (Å²) < 4.78 is 7.26. The van der Waals surface area contributed by atoms with Crippen molar-refractivity contribution >= 4 is 45.9 Å². The molecule has 0 fully saturated rings. The number of benzene rings is 2. The van der Waals surface area contributed by atoms with Crippen molar-refractivity contribution in [2.75, 3.05) is 18.6 Å². The van der Waals surface area contributed by atoms with Gasteiger partial charge in [-0.25, -0.2) is 4.98 Å². The molecule has 0 saturated heterocycles. The molecular weight excluding hydrogens is 446 g/mol. The Morgan fingerprint density at radius 2 is 1.91 bits per heavy atom. The number of carbonyl (C=O) groups excluding carboxylic acids is 1. The fraction of sp³-hybridized carbons (Fsp3) is 0.375. The molecule has 0 N–H and O–H groups in total. The van der Waals surface area contributed by atoms with Gasteiger partial charge in [-0.05, 0) is 57.5 Å². The number of halogens is 1. The Morgan fingerprint density at radius 1 is 1.19 bits per heavy atom. The van der Waals surface area contributed by atoms with Crippen LogP contribution in [0.4, 0.5) is 5.69 Å². The van der Waals surface area contributed by atoms with Crippen LogP contribution in [0.2, 0.25) is 5.02 Å². The van der Waals surface area contributed by atoms with Gasteiger partial charge < -0.3 is 9.64 Å². The molecule has 0 aliphatic rings. The summed E-state index contributed by atoms with van der Waals surface area (Å²) in [4.78, 5) is 32.6. The molecule has 0 bridgehead atoms. The lowest BCUT2D eigenvalue weighted by Crippen LogP contribution is -2.34. The van der Waals surface area contributed by atoms with Crippen LogP contribution >= 0.6 is 23.4 Å². The highest BCUT2D eigenvalue weighted by Crippen LogP contribution is 2.26. The van der Waals surface area contributed by atoms with Crippen molar-refractivity contribution in [2.45, 2.75) is 50.2 Å². The van der Waals surface area contributed by atoms with Crippen LogP contribution in [-0.4, -0.2) is 40.5 Å². The van der Waals surface area contributed by atoms with E-state index in [0.717, 1.165) is 5.69 Å². The first-order valence-electron chi connectivity index (χ1n) is 10.6. The normalized spacial score (nSPS) is 12.3. The van der Waals surface area contributed by atoms with Gasteiger partial charge in [0.05, 0.1) is 22.3 Å². The van der Waals surface area contributed by atoms with Gasteiger partial charge in [0.1, 0.15) is 0 Å². The van der Waals surface area contributed by atoms with Gasteiger partial charge in [-0.15, -0.1) is 0 Å². The van der Waals surface area contributed by atoms with E-state index < -0.39 is 5.25 Å². The number of aromatic nitrogens is 2. The number of fused-ring (bicyclic) bond motifs is 1. The number of para-hydroxylation sites is 1. The van der Waals surface area contributed by atoms with Gasteiger partial charge in [0.2, 0.25) is 5.91 Å². The molecule has 1 aromatic heterocycles. The summed E-state index contributed by atoms with van der Waals surface area (Å²) in [5.41, 5.74) is 1.19. The molecule has 3 rings (SSSR count). The minimum Gasteiger partial charge on any atom is -0.379 e. The van der Waals surface area contributed by atoms with E-state index in [4.69, 9.17) is 21.3 Å². The van der Waals surface area contributed by atoms with E-state index in [1.807, 2.05) is 51.1 Å². The average molecular weight is 474 g/mol. The monoisotopic (exact) mass is 473 g/mol. The second-order valence-corrected chi connectivity index (χ2v) is 9.52. The molecule has 1 unspecified atom stereocenters. The molecule has 32 heavy (non-hydrogen) atoms. The molecule has 0 radical (unpaired) electrons. The topological polar surface area (TPSA) is 64.4 Å². The minimum absolute atomic E-state index is 0.0728. The van der Waals surface area contributed by atoms with Crippen LogP contribution in [0.25, 0.3) is 10.9 Å². The standard InChI is InChI=1S/C24H28ClN3O3S/c1-16(2)31-14-8-13-28-23(30)20-12-11-18(25)15-21(20)26-24(28)32-17(3)22(29)27(4)19-9-6-5-7-10-19/h5-7,9-12,15-17H,8,13-14H2,1-4H3. The Labute approximate surface area is 197 Å². The summed E-state index contributed by atoms with van der Waals surface area (Å²) in [5, 5.41) is 1.07.